The summed E-state index contributed by atoms with van der Waals surface area (Å²) in [7, 11) is -4.10. The lowest BCUT2D eigenvalue weighted by Gasteiger charge is -2.10. The lowest BCUT2D eigenvalue weighted by molar-refractivity contribution is 0.0891. The third kappa shape index (κ3) is 4.42. The normalized spacial score (nSPS) is 11.4. The van der Waals surface area contributed by atoms with Crippen LogP contribution in [0, 0.1) is 0 Å². The molecule has 1 aromatic carbocycles. The fourth-order valence-electron chi connectivity index (χ4n) is 1.42. The number of primary sulfonamides is 1. The Bertz CT molecular complexity index is 590. The molecule has 1 aromatic rings. The number of amides is 1. The average Bonchev–Trinajstić information content (AvgIpc) is 2.35. The number of nitrogens with one attached hydrogen (secondary N) is 1. The molecule has 0 bridgehead atoms. The van der Waals surface area contributed by atoms with Crippen molar-refractivity contribution in [2.75, 3.05) is 13.2 Å². The maximum absolute atomic E-state index is 12.0. The van der Waals surface area contributed by atoms with Crippen molar-refractivity contribution in [3.8, 4) is 5.75 Å². The topological polar surface area (TPSA) is 98.5 Å². The van der Waals surface area contributed by atoms with Gasteiger partial charge < -0.3 is 10.1 Å². The van der Waals surface area contributed by atoms with E-state index in [4.69, 9.17) is 9.88 Å². The number of hydrogen-bond donors (Lipinski definition) is 2. The van der Waals surface area contributed by atoms with Crippen molar-refractivity contribution in [3.63, 3.8) is 0 Å². The molecule has 1 amide bonds. The first-order valence-corrected chi connectivity index (χ1v) is 7.16. The first kappa shape index (κ1) is 16.3. The van der Waals surface area contributed by atoms with Gasteiger partial charge in [-0.25, -0.2) is 22.3 Å². The highest BCUT2D eigenvalue weighted by Gasteiger charge is 2.18. The Morgan fingerprint density at radius 3 is 2.60 bits per heavy atom. The van der Waals surface area contributed by atoms with Crippen molar-refractivity contribution in [2.45, 2.75) is 18.2 Å². The Morgan fingerprint density at radius 1 is 1.45 bits per heavy atom. The summed E-state index contributed by atoms with van der Waals surface area (Å²) in [5, 5.41) is 6.98. The van der Waals surface area contributed by atoms with E-state index in [0.717, 1.165) is 6.07 Å². The highest BCUT2D eigenvalue weighted by atomic mass is 32.2. The van der Waals surface area contributed by atoms with E-state index in [-0.39, 0.29) is 22.8 Å². The van der Waals surface area contributed by atoms with Crippen LogP contribution in [0.2, 0.25) is 0 Å². The van der Waals surface area contributed by atoms with Gasteiger partial charge in [-0.2, -0.15) is 0 Å². The molecule has 3 N–H and O–H groups in total. The Kier molecular flexibility index (Phi) is 5.40. The summed E-state index contributed by atoms with van der Waals surface area (Å²) in [5.74, 6) is -0.821. The lowest BCUT2D eigenvalue weighted by Crippen LogP contribution is -2.28. The molecule has 0 aromatic heterocycles. The van der Waals surface area contributed by atoms with E-state index in [1.165, 1.54) is 12.1 Å². The summed E-state index contributed by atoms with van der Waals surface area (Å²) in [6.45, 7) is 1.03. The molecule has 9 heteroatoms. The molecule has 112 valence electrons. The fraction of sp³-hybridized carbons (Fsp3) is 0.364. The molecule has 0 aliphatic rings. The van der Waals surface area contributed by atoms with Crippen molar-refractivity contribution in [1.82, 2.24) is 5.32 Å². The van der Waals surface area contributed by atoms with Gasteiger partial charge in [0, 0.05) is 5.56 Å². The zero-order valence-corrected chi connectivity index (χ0v) is 11.4. The zero-order valence-electron chi connectivity index (χ0n) is 10.6. The lowest BCUT2D eigenvalue weighted by atomic mass is 10.2. The number of carbonyl (C=O) groups is 1. The van der Waals surface area contributed by atoms with Gasteiger partial charge in [0.1, 0.15) is 10.6 Å². The molecule has 0 saturated heterocycles. The molecule has 0 aliphatic heterocycles. The van der Waals surface area contributed by atoms with Gasteiger partial charge in [0.05, 0.1) is 13.2 Å². The molecule has 6 nitrogen and oxygen atoms in total. The van der Waals surface area contributed by atoms with Crippen LogP contribution >= 0.6 is 0 Å². The van der Waals surface area contributed by atoms with Gasteiger partial charge in [-0.1, -0.05) is 0 Å². The van der Waals surface area contributed by atoms with Crippen LogP contribution < -0.4 is 15.2 Å². The van der Waals surface area contributed by atoms with Gasteiger partial charge in [-0.15, -0.1) is 0 Å². The van der Waals surface area contributed by atoms with E-state index in [1.807, 2.05) is 5.32 Å². The minimum atomic E-state index is -4.10. The number of halogens is 2. The number of alkyl halides is 2. The van der Waals surface area contributed by atoms with Gasteiger partial charge in [-0.05, 0) is 25.1 Å². The highest BCUT2D eigenvalue weighted by Crippen LogP contribution is 2.24. The van der Waals surface area contributed by atoms with Crippen molar-refractivity contribution < 1.29 is 26.7 Å². The van der Waals surface area contributed by atoms with E-state index in [1.54, 1.807) is 6.92 Å². The maximum atomic E-state index is 12.0. The van der Waals surface area contributed by atoms with E-state index < -0.39 is 28.9 Å². The zero-order chi connectivity index (χ0) is 15.3. The summed E-state index contributed by atoms with van der Waals surface area (Å²) in [5.41, 5.74) is -0.0990. The monoisotopic (exact) mass is 308 g/mol. The largest absolute Gasteiger partial charge is 0.492 e. The number of ether oxygens (including phenoxy) is 1. The van der Waals surface area contributed by atoms with Crippen molar-refractivity contribution in [3.05, 3.63) is 23.8 Å². The summed E-state index contributed by atoms with van der Waals surface area (Å²) in [4.78, 5) is 11.2. The summed E-state index contributed by atoms with van der Waals surface area (Å²) in [6.07, 6.45) is -2.70. The number of rotatable bonds is 6. The predicted octanol–water partition coefficient (Wildman–Crippen LogP) is 0.728. The summed E-state index contributed by atoms with van der Waals surface area (Å²) >= 11 is 0. The molecular formula is C11H14F2N2O4S. The van der Waals surface area contributed by atoms with Crippen LogP contribution in [-0.2, 0) is 10.0 Å². The second kappa shape index (κ2) is 6.62. The molecule has 0 aliphatic carbocycles. The third-order valence-corrected chi connectivity index (χ3v) is 3.16. The second-order valence-electron chi connectivity index (χ2n) is 3.74. The predicted molar refractivity (Wildman–Crippen MR) is 67.3 cm³/mol. The van der Waals surface area contributed by atoms with E-state index in [9.17, 15) is 22.0 Å². The smallest absolute Gasteiger partial charge is 0.255 e. The van der Waals surface area contributed by atoms with Crippen LogP contribution in [0.15, 0.2) is 23.1 Å². The van der Waals surface area contributed by atoms with Crippen LogP contribution in [0.4, 0.5) is 8.78 Å². The minimum Gasteiger partial charge on any atom is -0.492 e. The Labute approximate surface area is 115 Å². The van der Waals surface area contributed by atoms with Gasteiger partial charge in [0.2, 0.25) is 10.0 Å². The Hall–Kier alpha value is -1.74. The van der Waals surface area contributed by atoms with Gasteiger partial charge in [0.15, 0.2) is 0 Å². The summed E-state index contributed by atoms with van der Waals surface area (Å²) < 4.78 is 51.9. The number of hydrogen-bond acceptors (Lipinski definition) is 4. The third-order valence-electron chi connectivity index (χ3n) is 2.23. The van der Waals surface area contributed by atoms with Crippen LogP contribution in [0.3, 0.4) is 0 Å². The van der Waals surface area contributed by atoms with Crippen LogP contribution in [0.5, 0.6) is 5.75 Å². The molecule has 0 spiro atoms. The Morgan fingerprint density at radius 2 is 2.10 bits per heavy atom. The van der Waals surface area contributed by atoms with Crippen molar-refractivity contribution >= 4 is 15.9 Å². The van der Waals surface area contributed by atoms with Gasteiger partial charge >= 0.3 is 0 Å². The van der Waals surface area contributed by atoms with Gasteiger partial charge in [-0.3, -0.25) is 4.79 Å². The number of benzene rings is 1. The van der Waals surface area contributed by atoms with Gasteiger partial charge in [0.25, 0.3) is 12.3 Å². The molecule has 1 rings (SSSR count). The molecule has 0 radical (unpaired) electrons. The SMILES string of the molecule is CCOc1ccc(C(=O)NCC(F)F)cc1S(N)(=O)=O. The van der Waals surface area contributed by atoms with Crippen molar-refractivity contribution in [1.29, 1.82) is 0 Å². The van der Waals surface area contributed by atoms with E-state index in [2.05, 4.69) is 0 Å². The van der Waals surface area contributed by atoms with Crippen LogP contribution in [0.1, 0.15) is 17.3 Å². The number of carbonyl (C=O) groups excluding carboxylic acids is 1. The van der Waals surface area contributed by atoms with Crippen LogP contribution in [0.25, 0.3) is 0 Å². The molecule has 0 fully saturated rings. The first-order chi connectivity index (χ1) is 9.25. The molecule has 0 heterocycles. The highest BCUT2D eigenvalue weighted by molar-refractivity contribution is 7.89. The minimum absolute atomic E-state index is 0.000379. The summed E-state index contributed by atoms with van der Waals surface area (Å²) in [6, 6.07) is 3.50. The van der Waals surface area contributed by atoms with E-state index in [0.29, 0.717) is 0 Å². The standard InChI is InChI=1S/C11H14F2N2O4S/c1-2-19-8-4-3-7(5-9(8)20(14,17)18)11(16)15-6-10(12)13/h3-5,10H,2,6H2,1H3,(H,15,16)(H2,14,17,18). The van der Waals surface area contributed by atoms with E-state index >= 15 is 0 Å². The quantitative estimate of drug-likeness (QED) is 0.809. The number of sulfonamides is 1. The number of nitrogens with two attached hydrogens (primary N) is 1. The molecule has 0 atom stereocenters. The fourth-order valence-corrected chi connectivity index (χ4v) is 2.12. The molecule has 0 saturated carbocycles. The molecule has 0 unspecified atom stereocenters. The van der Waals surface area contributed by atoms with Crippen LogP contribution in [-0.4, -0.2) is 33.9 Å². The van der Waals surface area contributed by atoms with Crippen molar-refractivity contribution in [2.24, 2.45) is 5.14 Å². The Balaban J connectivity index is 3.10. The first-order valence-electron chi connectivity index (χ1n) is 5.61. The molecular weight excluding hydrogens is 294 g/mol. The maximum Gasteiger partial charge on any atom is 0.255 e. The average molecular weight is 308 g/mol. The molecule has 20 heavy (non-hydrogen) atoms. The second-order valence-corrected chi connectivity index (χ2v) is 5.27.